The van der Waals surface area contributed by atoms with Gasteiger partial charge in [0.1, 0.15) is 0 Å². The van der Waals surface area contributed by atoms with E-state index in [1.165, 1.54) is 4.90 Å². The predicted molar refractivity (Wildman–Crippen MR) is 60.2 cm³/mol. The second-order valence-corrected chi connectivity index (χ2v) is 5.58. The van der Waals surface area contributed by atoms with Crippen molar-refractivity contribution in [3.63, 3.8) is 0 Å². The molecular weight excluding hydrogens is 202 g/mol. The summed E-state index contributed by atoms with van der Waals surface area (Å²) in [6, 6.07) is 0. The summed E-state index contributed by atoms with van der Waals surface area (Å²) in [6.45, 7) is 6.12. The lowest BCUT2D eigenvalue weighted by Crippen LogP contribution is -2.59. The van der Waals surface area contributed by atoms with Crippen molar-refractivity contribution < 1.29 is 9.59 Å². The van der Waals surface area contributed by atoms with E-state index in [1.54, 1.807) is 0 Å². The van der Waals surface area contributed by atoms with E-state index in [2.05, 4.69) is 5.92 Å². The van der Waals surface area contributed by atoms with Crippen LogP contribution in [-0.4, -0.2) is 23.3 Å². The highest BCUT2D eigenvalue weighted by molar-refractivity contribution is 6.04. The lowest BCUT2D eigenvalue weighted by Gasteiger charge is -2.47. The van der Waals surface area contributed by atoms with Gasteiger partial charge in [-0.05, 0) is 18.3 Å². The molecule has 86 valence electrons. The Morgan fingerprint density at radius 2 is 2.06 bits per heavy atom. The van der Waals surface area contributed by atoms with Crippen LogP contribution in [0.15, 0.2) is 0 Å². The molecule has 1 saturated heterocycles. The molecule has 0 aromatic heterocycles. The molecule has 2 bridgehead atoms. The summed E-state index contributed by atoms with van der Waals surface area (Å²) in [5.74, 6) is 2.17. The maximum atomic E-state index is 12.3. The van der Waals surface area contributed by atoms with Gasteiger partial charge in [0.05, 0.1) is 12.0 Å². The first kappa shape index (κ1) is 11.2. The molecule has 16 heavy (non-hydrogen) atoms. The molecule has 1 heterocycles. The van der Waals surface area contributed by atoms with E-state index in [4.69, 9.17) is 6.42 Å². The van der Waals surface area contributed by atoms with Crippen molar-refractivity contribution in [1.82, 2.24) is 4.90 Å². The minimum absolute atomic E-state index is 0.0523. The van der Waals surface area contributed by atoms with E-state index in [0.717, 1.165) is 12.8 Å². The molecule has 0 N–H and O–H groups in total. The van der Waals surface area contributed by atoms with Gasteiger partial charge in [-0.3, -0.25) is 14.5 Å². The van der Waals surface area contributed by atoms with Crippen molar-refractivity contribution in [1.29, 1.82) is 0 Å². The van der Waals surface area contributed by atoms with Crippen LogP contribution in [0.4, 0.5) is 0 Å². The van der Waals surface area contributed by atoms with Crippen molar-refractivity contribution in [3.05, 3.63) is 0 Å². The van der Waals surface area contributed by atoms with Crippen LogP contribution in [0, 0.1) is 29.1 Å². The highest BCUT2D eigenvalue weighted by atomic mass is 16.2. The van der Waals surface area contributed by atoms with Gasteiger partial charge in [-0.15, -0.1) is 6.42 Å². The zero-order chi connectivity index (χ0) is 12.1. The molecule has 3 heteroatoms. The van der Waals surface area contributed by atoms with E-state index >= 15 is 0 Å². The van der Waals surface area contributed by atoms with Crippen molar-refractivity contribution in [3.8, 4) is 12.3 Å². The summed E-state index contributed by atoms with van der Waals surface area (Å²) in [5, 5.41) is 0. The second kappa shape index (κ2) is 3.10. The normalized spacial score (nSPS) is 36.4. The summed E-state index contributed by atoms with van der Waals surface area (Å²) < 4.78 is 0. The van der Waals surface area contributed by atoms with E-state index in [-0.39, 0.29) is 29.7 Å². The zero-order valence-corrected chi connectivity index (χ0v) is 10.0. The second-order valence-electron chi connectivity index (χ2n) is 5.58. The van der Waals surface area contributed by atoms with Crippen LogP contribution in [0.25, 0.3) is 0 Å². The van der Waals surface area contributed by atoms with Gasteiger partial charge in [0.15, 0.2) is 0 Å². The molecule has 2 amide bonds. The quantitative estimate of drug-likeness (QED) is 0.494. The number of fused-ring (bicyclic) bond motifs is 2. The van der Waals surface area contributed by atoms with Gasteiger partial charge in [0, 0.05) is 5.92 Å². The fourth-order valence-corrected chi connectivity index (χ4v) is 3.14. The average Bonchev–Trinajstić information content (AvgIpc) is 2.40. The lowest BCUT2D eigenvalue weighted by atomic mass is 9.62. The lowest BCUT2D eigenvalue weighted by molar-refractivity contribution is -0.166. The van der Waals surface area contributed by atoms with Crippen LogP contribution in [0.3, 0.4) is 0 Å². The van der Waals surface area contributed by atoms with Gasteiger partial charge in [-0.1, -0.05) is 26.7 Å². The van der Waals surface area contributed by atoms with Crippen molar-refractivity contribution in [2.45, 2.75) is 33.6 Å². The standard InChI is InChI=1S/C13H17NO2/c1-5-8-14-10(15)9-6-7-13(4,11(14)16)12(9,2)3/h1,9H,6-8H2,2-4H3/t9-,13+/m0/s1. The van der Waals surface area contributed by atoms with Crippen LogP contribution in [0.2, 0.25) is 0 Å². The number of amides is 2. The van der Waals surface area contributed by atoms with Crippen LogP contribution in [0.1, 0.15) is 33.6 Å². The Morgan fingerprint density at radius 1 is 1.44 bits per heavy atom. The Kier molecular flexibility index (Phi) is 2.17. The molecule has 2 aliphatic rings. The van der Waals surface area contributed by atoms with E-state index in [0.29, 0.717) is 0 Å². The first-order chi connectivity index (χ1) is 7.36. The van der Waals surface area contributed by atoms with Crippen LogP contribution >= 0.6 is 0 Å². The Hall–Kier alpha value is -1.30. The SMILES string of the molecule is C#CCN1C(=O)[C@@H]2CC[C@](C)(C1=O)C2(C)C. The first-order valence-corrected chi connectivity index (χ1v) is 5.65. The number of hydrogen-bond donors (Lipinski definition) is 0. The third kappa shape index (κ3) is 1.05. The smallest absolute Gasteiger partial charge is 0.236 e. The zero-order valence-electron chi connectivity index (χ0n) is 10.0. The molecule has 0 radical (unpaired) electrons. The van der Waals surface area contributed by atoms with Crippen LogP contribution in [-0.2, 0) is 9.59 Å². The molecular formula is C13H17NO2. The van der Waals surface area contributed by atoms with E-state index in [9.17, 15) is 9.59 Å². The molecule has 2 atom stereocenters. The fourth-order valence-electron chi connectivity index (χ4n) is 3.14. The minimum atomic E-state index is -0.428. The first-order valence-electron chi connectivity index (χ1n) is 5.65. The molecule has 3 nitrogen and oxygen atoms in total. The monoisotopic (exact) mass is 219 g/mol. The van der Waals surface area contributed by atoms with Crippen LogP contribution in [0.5, 0.6) is 0 Å². The third-order valence-electron chi connectivity index (χ3n) is 4.76. The van der Waals surface area contributed by atoms with Gasteiger partial charge in [-0.25, -0.2) is 0 Å². The summed E-state index contributed by atoms with van der Waals surface area (Å²) in [5.41, 5.74) is -0.672. The summed E-state index contributed by atoms with van der Waals surface area (Å²) in [7, 11) is 0. The number of piperidine rings is 1. The maximum absolute atomic E-state index is 12.3. The van der Waals surface area contributed by atoms with Crippen molar-refractivity contribution >= 4 is 11.8 Å². The largest absolute Gasteiger partial charge is 0.274 e. The predicted octanol–water partition coefficient (Wildman–Crippen LogP) is 1.43. The highest BCUT2D eigenvalue weighted by Gasteiger charge is 2.64. The molecule has 2 rings (SSSR count). The fraction of sp³-hybridized carbons (Fsp3) is 0.692. The summed E-state index contributed by atoms with van der Waals surface area (Å²) >= 11 is 0. The number of carbonyl (C=O) groups is 2. The number of rotatable bonds is 1. The molecule has 0 unspecified atom stereocenters. The Labute approximate surface area is 96.2 Å². The maximum Gasteiger partial charge on any atom is 0.236 e. The number of hydrogen-bond acceptors (Lipinski definition) is 2. The summed E-state index contributed by atoms with van der Waals surface area (Å²) in [4.78, 5) is 25.7. The Morgan fingerprint density at radius 3 is 2.62 bits per heavy atom. The topological polar surface area (TPSA) is 37.4 Å². The van der Waals surface area contributed by atoms with Crippen LogP contribution < -0.4 is 0 Å². The van der Waals surface area contributed by atoms with Crippen molar-refractivity contribution in [2.24, 2.45) is 16.7 Å². The van der Waals surface area contributed by atoms with Gasteiger partial charge in [0.25, 0.3) is 0 Å². The Bertz CT molecular complexity index is 405. The molecule has 2 fully saturated rings. The number of imide groups is 1. The number of terminal acetylenes is 1. The minimum Gasteiger partial charge on any atom is -0.274 e. The average molecular weight is 219 g/mol. The Balaban J connectivity index is 2.47. The van der Waals surface area contributed by atoms with E-state index in [1.807, 2.05) is 20.8 Å². The number of carbonyl (C=O) groups excluding carboxylic acids is 2. The number of nitrogens with zero attached hydrogens (tertiary/aromatic N) is 1. The molecule has 0 aromatic rings. The molecule has 0 aromatic carbocycles. The molecule has 1 saturated carbocycles. The molecule has 1 aliphatic heterocycles. The van der Waals surface area contributed by atoms with Crippen molar-refractivity contribution in [2.75, 3.05) is 6.54 Å². The van der Waals surface area contributed by atoms with E-state index < -0.39 is 5.41 Å². The van der Waals surface area contributed by atoms with Gasteiger partial charge in [0.2, 0.25) is 11.8 Å². The highest BCUT2D eigenvalue weighted by Crippen LogP contribution is 2.59. The van der Waals surface area contributed by atoms with Gasteiger partial charge < -0.3 is 0 Å². The molecule has 1 aliphatic carbocycles. The third-order valence-corrected chi connectivity index (χ3v) is 4.76. The van der Waals surface area contributed by atoms with Gasteiger partial charge in [-0.2, -0.15) is 0 Å². The molecule has 0 spiro atoms. The summed E-state index contributed by atoms with van der Waals surface area (Å²) in [6.07, 6.45) is 6.80. The van der Waals surface area contributed by atoms with Gasteiger partial charge >= 0.3 is 0 Å². The number of likely N-dealkylation sites (tertiary alicyclic amines) is 1.